The van der Waals surface area contributed by atoms with Crippen LogP contribution in [0.1, 0.15) is 135 Å². The second-order valence-corrected chi connectivity index (χ2v) is 13.3. The number of anilines is 1. The number of hydrogen-bond donors (Lipinski definition) is 0. The maximum atomic E-state index is 2.46. The fourth-order valence-corrected chi connectivity index (χ4v) is 6.85. The van der Waals surface area contributed by atoms with E-state index in [1.807, 2.05) is 0 Å². The lowest BCUT2D eigenvalue weighted by Crippen LogP contribution is -2.49. The van der Waals surface area contributed by atoms with Gasteiger partial charge in [-0.3, -0.25) is 0 Å². The molecule has 2 aromatic rings. The molecule has 3 heteroatoms. The Labute approximate surface area is 278 Å². The van der Waals surface area contributed by atoms with Gasteiger partial charge in [0.15, 0.2) is 18.9 Å². The van der Waals surface area contributed by atoms with Crippen LogP contribution in [0.2, 0.25) is 0 Å². The highest BCUT2D eigenvalue weighted by atomic mass is 15.3. The number of allylic oxidation sites excluding steroid dienone is 4. The maximum Gasteiger partial charge on any atom is 0.169 e. The highest BCUT2D eigenvalue weighted by molar-refractivity contribution is 5.87. The number of aryl methyl sites for hydroxylation is 1. The van der Waals surface area contributed by atoms with Crippen LogP contribution in [0.3, 0.4) is 0 Å². The van der Waals surface area contributed by atoms with Crippen molar-refractivity contribution >= 4 is 17.3 Å². The van der Waals surface area contributed by atoms with Crippen LogP contribution < -0.4 is 9.47 Å². The molecular weight excluding hydrogens is 546 g/mol. The van der Waals surface area contributed by atoms with Gasteiger partial charge in [0.1, 0.15) is 0 Å². The summed E-state index contributed by atoms with van der Waals surface area (Å²) < 4.78 is 3.56. The fourth-order valence-electron chi connectivity index (χ4n) is 6.85. The van der Waals surface area contributed by atoms with Crippen LogP contribution in [0, 0.1) is 0 Å². The summed E-state index contributed by atoms with van der Waals surface area (Å²) in [5.74, 6) is 0. The summed E-state index contributed by atoms with van der Waals surface area (Å²) in [7, 11) is 0. The molecular formula is C42H67N3+2. The van der Waals surface area contributed by atoms with Crippen LogP contribution in [-0.2, 0) is 6.54 Å². The summed E-state index contributed by atoms with van der Waals surface area (Å²) in [5, 5.41) is 0. The molecule has 0 radical (unpaired) electrons. The summed E-state index contributed by atoms with van der Waals surface area (Å²) in [5.41, 5.74) is 5.21. The molecule has 0 bridgehead atoms. The number of benzene rings is 1. The number of fused-ring (bicyclic) bond motifs is 1. The first-order valence-electron chi connectivity index (χ1n) is 18.9. The topological polar surface area (TPSA) is 7.12 Å². The molecule has 1 aromatic heterocycles. The number of rotatable bonds is 24. The van der Waals surface area contributed by atoms with Gasteiger partial charge in [-0.15, -0.1) is 0 Å². The van der Waals surface area contributed by atoms with E-state index in [2.05, 4.69) is 116 Å². The van der Waals surface area contributed by atoms with Crippen LogP contribution in [0.15, 0.2) is 73.2 Å². The standard InChI is InChI=1S/C42H67N3/c1-5-9-10-11-12-13-14-15-16-17-18-19-20-23-34-44-37-32-40(41-28-21-22-29-42(41)44)27-24-26-39-30-35-43(36-31-39)33-25-38-45(6-2,7-3)8-4/h21-22,24,26-32,35-37H,5-20,23,25,33-34,38H2,1-4H3/q+2. The van der Waals surface area contributed by atoms with E-state index in [9.17, 15) is 0 Å². The predicted molar refractivity (Wildman–Crippen MR) is 198 cm³/mol. The average molecular weight is 614 g/mol. The van der Waals surface area contributed by atoms with Crippen molar-refractivity contribution in [2.45, 2.75) is 131 Å². The molecule has 0 amide bonds. The van der Waals surface area contributed by atoms with E-state index in [1.54, 1.807) is 0 Å². The molecule has 1 aliphatic heterocycles. The molecule has 0 N–H and O–H groups in total. The molecule has 1 aliphatic rings. The van der Waals surface area contributed by atoms with E-state index >= 15 is 0 Å². The van der Waals surface area contributed by atoms with Crippen molar-refractivity contribution in [1.29, 1.82) is 0 Å². The summed E-state index contributed by atoms with van der Waals surface area (Å²) in [6.07, 6.45) is 36.7. The predicted octanol–water partition coefficient (Wildman–Crippen LogP) is 11.2. The van der Waals surface area contributed by atoms with Crippen molar-refractivity contribution in [2.24, 2.45) is 0 Å². The van der Waals surface area contributed by atoms with Gasteiger partial charge >= 0.3 is 0 Å². The van der Waals surface area contributed by atoms with E-state index in [0.717, 1.165) is 13.1 Å². The molecule has 0 saturated heterocycles. The number of unbranched alkanes of at least 4 members (excludes halogenated alkanes) is 13. The van der Waals surface area contributed by atoms with Gasteiger partial charge in [0, 0.05) is 36.1 Å². The monoisotopic (exact) mass is 614 g/mol. The molecule has 0 atom stereocenters. The van der Waals surface area contributed by atoms with Gasteiger partial charge in [-0.2, -0.15) is 0 Å². The smallest absolute Gasteiger partial charge is 0.169 e. The minimum atomic E-state index is 1.09. The molecule has 3 nitrogen and oxygen atoms in total. The zero-order valence-electron chi connectivity index (χ0n) is 29.7. The molecule has 0 fully saturated rings. The van der Waals surface area contributed by atoms with Crippen LogP contribution in [0.5, 0.6) is 0 Å². The Bertz CT molecular complexity index is 1130. The lowest BCUT2D eigenvalue weighted by atomic mass is 9.99. The quantitative estimate of drug-likeness (QED) is 0.0649. The molecule has 0 saturated carbocycles. The van der Waals surface area contributed by atoms with E-state index in [-0.39, 0.29) is 0 Å². The highest BCUT2D eigenvalue weighted by Crippen LogP contribution is 2.33. The van der Waals surface area contributed by atoms with Crippen molar-refractivity contribution in [1.82, 2.24) is 0 Å². The molecule has 0 aliphatic carbocycles. The minimum absolute atomic E-state index is 1.09. The highest BCUT2D eigenvalue weighted by Gasteiger charge is 2.20. The van der Waals surface area contributed by atoms with E-state index < -0.39 is 0 Å². The first kappa shape index (κ1) is 36.8. The van der Waals surface area contributed by atoms with Crippen LogP contribution in [-0.4, -0.2) is 37.2 Å². The molecule has 0 spiro atoms. The number of aromatic nitrogens is 1. The number of nitrogens with zero attached hydrogens (tertiary/aromatic N) is 3. The normalized spacial score (nSPS) is 14.1. The zero-order valence-corrected chi connectivity index (χ0v) is 29.7. The van der Waals surface area contributed by atoms with E-state index in [0.29, 0.717) is 0 Å². The fraction of sp³-hybridized carbons (Fsp3) is 0.595. The van der Waals surface area contributed by atoms with Crippen molar-refractivity contribution in [3.63, 3.8) is 0 Å². The number of hydrogen-bond acceptors (Lipinski definition) is 1. The number of quaternary nitrogens is 1. The second-order valence-electron chi connectivity index (χ2n) is 13.3. The van der Waals surface area contributed by atoms with Crippen molar-refractivity contribution < 1.29 is 9.05 Å². The Hall–Kier alpha value is -2.65. The summed E-state index contributed by atoms with van der Waals surface area (Å²) in [6, 6.07) is 13.4. The summed E-state index contributed by atoms with van der Waals surface area (Å²) in [4.78, 5) is 2.46. The van der Waals surface area contributed by atoms with Crippen molar-refractivity contribution in [2.75, 3.05) is 37.6 Å². The van der Waals surface area contributed by atoms with E-state index in [1.165, 1.54) is 149 Å². The van der Waals surface area contributed by atoms with Crippen molar-refractivity contribution in [3.8, 4) is 0 Å². The number of pyridine rings is 1. The third-order valence-corrected chi connectivity index (χ3v) is 10.3. The number of para-hydroxylation sites is 1. The Morgan fingerprint density at radius 3 is 1.84 bits per heavy atom. The summed E-state index contributed by atoms with van der Waals surface area (Å²) in [6.45, 7) is 16.4. The summed E-state index contributed by atoms with van der Waals surface area (Å²) >= 11 is 0. The van der Waals surface area contributed by atoms with Gasteiger partial charge in [0.25, 0.3) is 0 Å². The van der Waals surface area contributed by atoms with E-state index in [4.69, 9.17) is 0 Å². The third kappa shape index (κ3) is 13.3. The molecule has 1 aromatic carbocycles. The Morgan fingerprint density at radius 2 is 1.24 bits per heavy atom. The van der Waals surface area contributed by atoms with Crippen LogP contribution in [0.4, 0.5) is 5.69 Å². The first-order chi connectivity index (χ1) is 22.1. The second kappa shape index (κ2) is 22.0. The lowest BCUT2D eigenvalue weighted by Gasteiger charge is -2.35. The Kier molecular flexibility index (Phi) is 18.0. The Morgan fingerprint density at radius 1 is 0.667 bits per heavy atom. The third-order valence-electron chi connectivity index (χ3n) is 10.3. The van der Waals surface area contributed by atoms with Gasteiger partial charge in [0.2, 0.25) is 0 Å². The molecule has 3 rings (SSSR count). The maximum absolute atomic E-state index is 2.46. The lowest BCUT2D eigenvalue weighted by molar-refractivity contribution is -0.925. The van der Waals surface area contributed by atoms with Gasteiger partial charge in [-0.25, -0.2) is 4.57 Å². The first-order valence-corrected chi connectivity index (χ1v) is 18.9. The van der Waals surface area contributed by atoms with Crippen LogP contribution in [0.25, 0.3) is 11.6 Å². The zero-order chi connectivity index (χ0) is 32.0. The molecule has 2 heterocycles. The molecule has 45 heavy (non-hydrogen) atoms. The van der Waals surface area contributed by atoms with Crippen LogP contribution >= 0.6 is 0 Å². The minimum Gasteiger partial charge on any atom is -0.347 e. The molecule has 0 unspecified atom stereocenters. The average Bonchev–Trinajstić information content (AvgIpc) is 3.08. The van der Waals surface area contributed by atoms with Gasteiger partial charge in [-0.1, -0.05) is 127 Å². The molecule has 248 valence electrons. The largest absolute Gasteiger partial charge is 0.347 e. The van der Waals surface area contributed by atoms with Gasteiger partial charge < -0.3 is 9.38 Å². The SMILES string of the molecule is CCCCCCCCCCCCCCCCN1C=C/C(=C/C=C/c2cc[n+](CCC[N+](CC)(CC)CC)cc2)c2ccccc21. The van der Waals surface area contributed by atoms with Gasteiger partial charge in [-0.05, 0) is 50.5 Å². The van der Waals surface area contributed by atoms with Crippen molar-refractivity contribution in [3.05, 3.63) is 84.3 Å². The van der Waals surface area contributed by atoms with Gasteiger partial charge in [0.05, 0.1) is 32.6 Å². The Balaban J connectivity index is 1.37.